The van der Waals surface area contributed by atoms with Crippen LogP contribution in [0.2, 0.25) is 0 Å². The minimum atomic E-state index is 0.788. The molecule has 0 saturated heterocycles. The summed E-state index contributed by atoms with van der Waals surface area (Å²) in [6, 6.07) is 0. The van der Waals surface area contributed by atoms with Crippen LogP contribution in [-0.4, -0.2) is 33.4 Å². The van der Waals surface area contributed by atoms with Crippen molar-refractivity contribution in [1.29, 1.82) is 0 Å². The summed E-state index contributed by atoms with van der Waals surface area (Å²) >= 11 is 0. The molecule has 74 valence electrons. The molecule has 0 aliphatic carbocycles. The monoisotopic (exact) mass is 174 g/mol. The van der Waals surface area contributed by atoms with Crippen LogP contribution in [0.4, 0.5) is 0 Å². The minimum absolute atomic E-state index is 0.788. The van der Waals surface area contributed by atoms with Gasteiger partial charge in [-0.25, -0.2) is 0 Å². The lowest BCUT2D eigenvalue weighted by Gasteiger charge is -2.02. The maximum atomic E-state index is 5.35. The molecule has 0 aliphatic heterocycles. The molecule has 3 N–H and O–H groups in total. The number of hydrogen-bond acceptors (Lipinski definition) is 3. The van der Waals surface area contributed by atoms with Crippen LogP contribution in [0.15, 0.2) is 0 Å². The second-order valence-corrected chi connectivity index (χ2v) is 2.95. The van der Waals surface area contributed by atoms with E-state index in [0.29, 0.717) is 0 Å². The molecular formula is C9H22N2O. The maximum absolute atomic E-state index is 5.35. The highest BCUT2D eigenvalue weighted by Crippen LogP contribution is 1.93. The van der Waals surface area contributed by atoms with Crippen molar-refractivity contribution < 1.29 is 4.74 Å². The predicted molar refractivity (Wildman–Crippen MR) is 52.3 cm³/mol. The molecule has 0 heterocycles. The van der Waals surface area contributed by atoms with Gasteiger partial charge in [-0.3, -0.25) is 0 Å². The van der Waals surface area contributed by atoms with Gasteiger partial charge in [-0.15, -0.1) is 0 Å². The SMILES string of the molecule is COCCCCCNCCCN. The van der Waals surface area contributed by atoms with Gasteiger partial charge >= 0.3 is 0 Å². The molecule has 3 heteroatoms. The Bertz CT molecular complexity index is 68.9. The number of rotatable bonds is 9. The molecule has 12 heavy (non-hydrogen) atoms. The lowest BCUT2D eigenvalue weighted by Crippen LogP contribution is -2.19. The van der Waals surface area contributed by atoms with E-state index in [0.717, 1.165) is 32.7 Å². The Morgan fingerprint density at radius 2 is 1.83 bits per heavy atom. The van der Waals surface area contributed by atoms with Crippen LogP contribution in [0.1, 0.15) is 25.7 Å². The van der Waals surface area contributed by atoms with E-state index in [1.54, 1.807) is 7.11 Å². The van der Waals surface area contributed by atoms with Gasteiger partial charge in [0.15, 0.2) is 0 Å². The third-order valence-corrected chi connectivity index (χ3v) is 1.76. The van der Waals surface area contributed by atoms with Gasteiger partial charge in [0.1, 0.15) is 0 Å². The zero-order valence-electron chi connectivity index (χ0n) is 8.14. The highest BCUT2D eigenvalue weighted by Gasteiger charge is 1.88. The largest absolute Gasteiger partial charge is 0.385 e. The Kier molecular flexibility index (Phi) is 10.8. The van der Waals surface area contributed by atoms with Crippen LogP contribution in [0, 0.1) is 0 Å². The van der Waals surface area contributed by atoms with Gasteiger partial charge in [0, 0.05) is 13.7 Å². The van der Waals surface area contributed by atoms with Gasteiger partial charge in [-0.1, -0.05) is 0 Å². The third-order valence-electron chi connectivity index (χ3n) is 1.76. The molecule has 0 rings (SSSR count). The van der Waals surface area contributed by atoms with Crippen molar-refractivity contribution in [3.63, 3.8) is 0 Å². The second-order valence-electron chi connectivity index (χ2n) is 2.95. The molecule has 3 nitrogen and oxygen atoms in total. The van der Waals surface area contributed by atoms with Crippen molar-refractivity contribution in [2.24, 2.45) is 5.73 Å². The highest BCUT2D eigenvalue weighted by molar-refractivity contribution is 4.49. The Balaban J connectivity index is 2.73. The van der Waals surface area contributed by atoms with Crippen molar-refractivity contribution in [3.8, 4) is 0 Å². The Morgan fingerprint density at radius 3 is 2.50 bits per heavy atom. The molecular weight excluding hydrogens is 152 g/mol. The average molecular weight is 174 g/mol. The Hall–Kier alpha value is -0.120. The molecule has 0 atom stereocenters. The summed E-state index contributed by atoms with van der Waals surface area (Å²) in [6.45, 7) is 3.85. The first-order chi connectivity index (χ1) is 5.91. The second kappa shape index (κ2) is 10.9. The Morgan fingerprint density at radius 1 is 1.08 bits per heavy atom. The quantitative estimate of drug-likeness (QED) is 0.507. The van der Waals surface area contributed by atoms with Gasteiger partial charge in [0.2, 0.25) is 0 Å². The normalized spacial score (nSPS) is 10.5. The van der Waals surface area contributed by atoms with E-state index in [9.17, 15) is 0 Å². The predicted octanol–water partition coefficient (Wildman–Crippen LogP) is 0.742. The van der Waals surface area contributed by atoms with E-state index < -0.39 is 0 Å². The van der Waals surface area contributed by atoms with Gasteiger partial charge < -0.3 is 15.8 Å². The van der Waals surface area contributed by atoms with Gasteiger partial charge in [-0.2, -0.15) is 0 Å². The fourth-order valence-corrected chi connectivity index (χ4v) is 1.03. The standard InChI is InChI=1S/C9H22N2O/c1-12-9-4-2-3-7-11-8-5-6-10/h11H,2-10H2,1H3. The molecule has 0 aromatic rings. The summed E-state index contributed by atoms with van der Waals surface area (Å²) in [6.07, 6.45) is 4.75. The van der Waals surface area contributed by atoms with E-state index in [2.05, 4.69) is 5.32 Å². The lowest BCUT2D eigenvalue weighted by atomic mass is 10.2. The van der Waals surface area contributed by atoms with Crippen LogP contribution in [0.5, 0.6) is 0 Å². The third kappa shape index (κ3) is 9.88. The molecule has 0 aromatic carbocycles. The van der Waals surface area contributed by atoms with Crippen LogP contribution >= 0.6 is 0 Å². The molecule has 0 spiro atoms. The number of methoxy groups -OCH3 is 1. The first-order valence-corrected chi connectivity index (χ1v) is 4.81. The summed E-state index contributed by atoms with van der Waals surface area (Å²) in [5, 5.41) is 3.34. The maximum Gasteiger partial charge on any atom is 0.0462 e. The lowest BCUT2D eigenvalue weighted by molar-refractivity contribution is 0.192. The zero-order valence-corrected chi connectivity index (χ0v) is 8.14. The van der Waals surface area contributed by atoms with Crippen molar-refractivity contribution in [2.45, 2.75) is 25.7 Å². The summed E-state index contributed by atoms with van der Waals surface area (Å²) < 4.78 is 4.95. The zero-order chi connectivity index (χ0) is 9.07. The fraction of sp³-hybridized carbons (Fsp3) is 1.00. The number of unbranched alkanes of at least 4 members (excludes halogenated alkanes) is 2. The van der Waals surface area contributed by atoms with E-state index in [1.807, 2.05) is 0 Å². The molecule has 0 amide bonds. The summed E-state index contributed by atoms with van der Waals surface area (Å²) in [5.74, 6) is 0. The number of hydrogen-bond donors (Lipinski definition) is 2. The van der Waals surface area contributed by atoms with E-state index >= 15 is 0 Å². The van der Waals surface area contributed by atoms with Crippen LogP contribution in [0.25, 0.3) is 0 Å². The van der Waals surface area contributed by atoms with Crippen molar-refractivity contribution in [2.75, 3.05) is 33.4 Å². The van der Waals surface area contributed by atoms with Crippen molar-refractivity contribution in [1.82, 2.24) is 5.32 Å². The Labute approximate surface area is 75.7 Å². The van der Waals surface area contributed by atoms with Gasteiger partial charge in [0.25, 0.3) is 0 Å². The molecule has 0 saturated carbocycles. The van der Waals surface area contributed by atoms with Crippen LogP contribution < -0.4 is 11.1 Å². The molecule has 0 unspecified atom stereocenters. The van der Waals surface area contributed by atoms with Crippen molar-refractivity contribution in [3.05, 3.63) is 0 Å². The van der Waals surface area contributed by atoms with Crippen LogP contribution in [-0.2, 0) is 4.74 Å². The van der Waals surface area contributed by atoms with Crippen molar-refractivity contribution >= 4 is 0 Å². The fourth-order valence-electron chi connectivity index (χ4n) is 1.03. The summed E-state index contributed by atoms with van der Waals surface area (Å²) in [5.41, 5.74) is 5.35. The first kappa shape index (κ1) is 11.9. The minimum Gasteiger partial charge on any atom is -0.385 e. The summed E-state index contributed by atoms with van der Waals surface area (Å²) in [4.78, 5) is 0. The number of ether oxygens (including phenoxy) is 1. The van der Waals surface area contributed by atoms with E-state index in [1.165, 1.54) is 19.3 Å². The topological polar surface area (TPSA) is 47.3 Å². The molecule has 0 fully saturated rings. The molecule has 0 bridgehead atoms. The van der Waals surface area contributed by atoms with Crippen LogP contribution in [0.3, 0.4) is 0 Å². The average Bonchev–Trinajstić information content (AvgIpc) is 2.10. The summed E-state index contributed by atoms with van der Waals surface area (Å²) in [7, 11) is 1.75. The molecule has 0 aromatic heterocycles. The van der Waals surface area contributed by atoms with Gasteiger partial charge in [-0.05, 0) is 45.3 Å². The van der Waals surface area contributed by atoms with E-state index in [-0.39, 0.29) is 0 Å². The molecule has 0 aliphatic rings. The smallest absolute Gasteiger partial charge is 0.0462 e. The first-order valence-electron chi connectivity index (χ1n) is 4.81. The number of nitrogens with two attached hydrogens (primary N) is 1. The highest BCUT2D eigenvalue weighted by atomic mass is 16.5. The van der Waals surface area contributed by atoms with E-state index in [4.69, 9.17) is 10.5 Å². The van der Waals surface area contributed by atoms with Gasteiger partial charge in [0.05, 0.1) is 0 Å². The molecule has 0 radical (unpaired) electrons. The number of nitrogens with one attached hydrogen (secondary N) is 1.